The molecule has 0 aliphatic heterocycles. The molecule has 0 amide bonds. The van der Waals surface area contributed by atoms with Crippen molar-refractivity contribution in [3.63, 3.8) is 0 Å². The van der Waals surface area contributed by atoms with Crippen LogP contribution in [0.3, 0.4) is 0 Å². The lowest BCUT2D eigenvalue weighted by molar-refractivity contribution is 0.0759. The van der Waals surface area contributed by atoms with Gasteiger partial charge in [0.2, 0.25) is 0 Å². The molecule has 0 fully saturated rings. The smallest absolute Gasteiger partial charge is 0.128 e. The van der Waals surface area contributed by atoms with Crippen LogP contribution in [0.1, 0.15) is 0 Å². The van der Waals surface area contributed by atoms with E-state index < -0.39 is 11.6 Å². The predicted octanol–water partition coefficient (Wildman–Crippen LogP) is 2.04. The minimum absolute atomic E-state index is 0.410. The fourth-order valence-electron chi connectivity index (χ4n) is 1.17. The molecule has 90 valence electrons. The molecule has 1 N–H and O–H groups in total. The first-order chi connectivity index (χ1) is 7.72. The Balaban J connectivity index is 2.21. The van der Waals surface area contributed by atoms with E-state index in [-0.39, 0.29) is 0 Å². The highest BCUT2D eigenvalue weighted by Gasteiger charge is 1.99. The summed E-state index contributed by atoms with van der Waals surface area (Å²) in [4.78, 5) is 0. The van der Waals surface area contributed by atoms with Crippen molar-refractivity contribution in [1.29, 1.82) is 0 Å². The van der Waals surface area contributed by atoms with E-state index >= 15 is 0 Å². The van der Waals surface area contributed by atoms with Crippen LogP contribution in [-0.4, -0.2) is 33.5 Å². The maximum Gasteiger partial charge on any atom is 0.128 e. The van der Waals surface area contributed by atoms with Crippen molar-refractivity contribution < 1.29 is 18.3 Å². The van der Waals surface area contributed by atoms with Gasteiger partial charge >= 0.3 is 0 Å². The Morgan fingerprint density at radius 3 is 2.38 bits per heavy atom. The third kappa shape index (κ3) is 5.04. The van der Waals surface area contributed by atoms with Gasteiger partial charge in [0.1, 0.15) is 11.6 Å². The van der Waals surface area contributed by atoms with Crippen molar-refractivity contribution in [1.82, 2.24) is 0 Å². The molecule has 5 heteroatoms. The third-order valence-corrected chi connectivity index (χ3v) is 1.87. The second-order valence-electron chi connectivity index (χ2n) is 3.19. The monoisotopic (exact) mass is 231 g/mol. The topological polar surface area (TPSA) is 30.5 Å². The lowest BCUT2D eigenvalue weighted by Crippen LogP contribution is -2.12. The Bertz CT molecular complexity index is 301. The number of methoxy groups -OCH3 is 1. The van der Waals surface area contributed by atoms with Crippen LogP contribution in [0, 0.1) is 11.6 Å². The van der Waals surface area contributed by atoms with Crippen LogP contribution in [0.5, 0.6) is 0 Å². The summed E-state index contributed by atoms with van der Waals surface area (Å²) >= 11 is 0. The summed E-state index contributed by atoms with van der Waals surface area (Å²) in [5, 5.41) is 2.86. The number of ether oxygens (including phenoxy) is 2. The molecule has 0 heterocycles. The Hall–Kier alpha value is -1.20. The summed E-state index contributed by atoms with van der Waals surface area (Å²) in [6.45, 7) is 2.00. The van der Waals surface area contributed by atoms with E-state index in [2.05, 4.69) is 5.32 Å². The fourth-order valence-corrected chi connectivity index (χ4v) is 1.17. The molecule has 0 aromatic heterocycles. The molecule has 0 bridgehead atoms. The predicted molar refractivity (Wildman–Crippen MR) is 57.5 cm³/mol. The zero-order valence-electron chi connectivity index (χ0n) is 9.13. The average Bonchev–Trinajstić information content (AvgIpc) is 2.22. The number of hydrogen-bond acceptors (Lipinski definition) is 3. The number of nitrogens with one attached hydrogen (secondary N) is 1. The first kappa shape index (κ1) is 12.9. The van der Waals surface area contributed by atoms with Crippen LogP contribution in [0.25, 0.3) is 0 Å². The van der Waals surface area contributed by atoms with Crippen molar-refractivity contribution in [3.05, 3.63) is 29.8 Å². The highest BCUT2D eigenvalue weighted by atomic mass is 19.1. The number of benzene rings is 1. The van der Waals surface area contributed by atoms with E-state index in [0.29, 0.717) is 32.1 Å². The summed E-state index contributed by atoms with van der Waals surface area (Å²) in [6.07, 6.45) is 0. The van der Waals surface area contributed by atoms with Crippen LogP contribution in [0.2, 0.25) is 0 Å². The zero-order chi connectivity index (χ0) is 11.8. The molecular formula is C11H15F2NO2. The minimum Gasteiger partial charge on any atom is -0.383 e. The van der Waals surface area contributed by atoms with E-state index in [1.54, 1.807) is 7.11 Å². The second-order valence-corrected chi connectivity index (χ2v) is 3.19. The van der Waals surface area contributed by atoms with Crippen LogP contribution < -0.4 is 5.32 Å². The minimum atomic E-state index is -0.595. The van der Waals surface area contributed by atoms with E-state index in [1.807, 2.05) is 0 Å². The van der Waals surface area contributed by atoms with Crippen molar-refractivity contribution in [2.45, 2.75) is 0 Å². The normalized spacial score (nSPS) is 10.4. The highest BCUT2D eigenvalue weighted by Crippen LogP contribution is 2.12. The van der Waals surface area contributed by atoms with Gasteiger partial charge in [-0.25, -0.2) is 8.78 Å². The number of anilines is 1. The van der Waals surface area contributed by atoms with Gasteiger partial charge in [-0.3, -0.25) is 0 Å². The van der Waals surface area contributed by atoms with E-state index in [9.17, 15) is 8.78 Å². The fraction of sp³-hybridized carbons (Fsp3) is 0.455. The van der Waals surface area contributed by atoms with Gasteiger partial charge < -0.3 is 14.8 Å². The maximum atomic E-state index is 12.8. The first-order valence-corrected chi connectivity index (χ1v) is 4.99. The van der Waals surface area contributed by atoms with Gasteiger partial charge in [-0.2, -0.15) is 0 Å². The first-order valence-electron chi connectivity index (χ1n) is 4.99. The molecule has 3 nitrogen and oxygen atoms in total. The van der Waals surface area contributed by atoms with Crippen molar-refractivity contribution in [2.24, 2.45) is 0 Å². The van der Waals surface area contributed by atoms with E-state index in [0.717, 1.165) is 6.07 Å². The summed E-state index contributed by atoms with van der Waals surface area (Å²) in [5.41, 5.74) is 0.410. The van der Waals surface area contributed by atoms with Gasteiger partial charge in [-0.1, -0.05) is 0 Å². The van der Waals surface area contributed by atoms with Gasteiger partial charge in [0.05, 0.1) is 19.8 Å². The lowest BCUT2D eigenvalue weighted by atomic mass is 10.3. The molecule has 1 aromatic rings. The molecule has 0 saturated carbocycles. The van der Waals surface area contributed by atoms with Gasteiger partial charge in [0.25, 0.3) is 0 Å². The van der Waals surface area contributed by atoms with Crippen molar-refractivity contribution >= 4 is 5.69 Å². The number of hydrogen-bond donors (Lipinski definition) is 1. The van der Waals surface area contributed by atoms with Crippen LogP contribution in [0.4, 0.5) is 14.5 Å². The van der Waals surface area contributed by atoms with Crippen LogP contribution >= 0.6 is 0 Å². The SMILES string of the molecule is COCCOCCNc1cc(F)cc(F)c1. The maximum absolute atomic E-state index is 12.8. The molecule has 0 unspecified atom stereocenters. The van der Waals surface area contributed by atoms with Crippen LogP contribution in [0.15, 0.2) is 18.2 Å². The Labute approximate surface area is 93.4 Å². The Morgan fingerprint density at radius 2 is 1.75 bits per heavy atom. The number of rotatable bonds is 7. The largest absolute Gasteiger partial charge is 0.383 e. The third-order valence-electron chi connectivity index (χ3n) is 1.87. The Kier molecular flexibility index (Phi) is 5.74. The molecule has 1 aromatic carbocycles. The highest BCUT2D eigenvalue weighted by molar-refractivity contribution is 5.43. The summed E-state index contributed by atoms with van der Waals surface area (Å²) in [7, 11) is 1.59. The van der Waals surface area contributed by atoms with Gasteiger partial charge in [-0.05, 0) is 12.1 Å². The van der Waals surface area contributed by atoms with E-state index in [1.165, 1.54) is 12.1 Å². The summed E-state index contributed by atoms with van der Waals surface area (Å²) < 4.78 is 35.5. The Morgan fingerprint density at radius 1 is 1.06 bits per heavy atom. The van der Waals surface area contributed by atoms with Gasteiger partial charge in [-0.15, -0.1) is 0 Å². The van der Waals surface area contributed by atoms with Gasteiger partial charge in [0, 0.05) is 25.4 Å². The average molecular weight is 231 g/mol. The van der Waals surface area contributed by atoms with Crippen molar-refractivity contribution in [3.8, 4) is 0 Å². The zero-order valence-corrected chi connectivity index (χ0v) is 9.13. The molecule has 0 aliphatic carbocycles. The van der Waals surface area contributed by atoms with E-state index in [4.69, 9.17) is 9.47 Å². The quantitative estimate of drug-likeness (QED) is 0.728. The second kappa shape index (κ2) is 7.14. The lowest BCUT2D eigenvalue weighted by Gasteiger charge is -2.07. The molecule has 0 aliphatic rings. The molecule has 0 spiro atoms. The molecule has 16 heavy (non-hydrogen) atoms. The van der Waals surface area contributed by atoms with Crippen LogP contribution in [-0.2, 0) is 9.47 Å². The van der Waals surface area contributed by atoms with Gasteiger partial charge in [0.15, 0.2) is 0 Å². The standard InChI is InChI=1S/C11H15F2NO2/c1-15-4-5-16-3-2-14-11-7-9(12)6-10(13)8-11/h6-8,14H,2-5H2,1H3. The summed E-state index contributed by atoms with van der Waals surface area (Å²) in [5.74, 6) is -1.19. The van der Waals surface area contributed by atoms with Crippen molar-refractivity contribution in [2.75, 3.05) is 38.8 Å². The molecule has 0 atom stereocenters. The molecular weight excluding hydrogens is 216 g/mol. The molecule has 0 radical (unpaired) electrons. The number of halogens is 2. The molecule has 0 saturated heterocycles. The molecule has 1 rings (SSSR count). The summed E-state index contributed by atoms with van der Waals surface area (Å²) in [6, 6.07) is 3.30.